The lowest BCUT2D eigenvalue weighted by atomic mass is 9.94. The normalized spacial score (nSPS) is 16.7. The summed E-state index contributed by atoms with van der Waals surface area (Å²) in [6, 6.07) is 5.30. The Morgan fingerprint density at radius 1 is 0.895 bits per heavy atom. The molecular weight excluding hydrogens is 516 g/mol. The van der Waals surface area contributed by atoms with Crippen molar-refractivity contribution in [2.45, 2.75) is 12.5 Å². The molecule has 206 valence electrons. The molecule has 1 unspecified atom stereocenters. The van der Waals surface area contributed by atoms with E-state index in [4.69, 9.17) is 35.3 Å². The number of aliphatic hydroxyl groups excluding tert-OH is 1. The van der Waals surface area contributed by atoms with Gasteiger partial charge in [-0.05, 0) is 50.8 Å². The van der Waals surface area contributed by atoms with E-state index >= 15 is 0 Å². The molecule has 1 heterocycles. The zero-order valence-corrected chi connectivity index (χ0v) is 23.3. The quantitative estimate of drug-likeness (QED) is 0.255. The molecule has 0 saturated carbocycles. The van der Waals surface area contributed by atoms with Gasteiger partial charge in [-0.1, -0.05) is 11.6 Å². The summed E-state index contributed by atoms with van der Waals surface area (Å²) in [4.78, 5) is 30.2. The number of halogens is 1. The van der Waals surface area contributed by atoms with Gasteiger partial charge in [0.05, 0.1) is 57.8 Å². The van der Waals surface area contributed by atoms with Gasteiger partial charge in [0.25, 0.3) is 11.7 Å². The standard InChI is InChI=1S/C27H33ClN2O8/c1-29(2)9-8-10-30-23(15-11-20(36-5)26(38-7)21(12-15)37-6)22(25(32)27(30)33)24(31)16-13-19(35-4)17(28)14-18(16)34-3/h11-14,23,31H,8-10H2,1-7H3/b24-22+. The number of carbonyl (C=O) groups is 2. The fourth-order valence-corrected chi connectivity index (χ4v) is 4.70. The summed E-state index contributed by atoms with van der Waals surface area (Å²) in [7, 11) is 11.1. The second-order valence-corrected chi connectivity index (χ2v) is 9.20. The Balaban J connectivity index is 2.30. The van der Waals surface area contributed by atoms with Crippen LogP contribution in [-0.4, -0.2) is 89.3 Å². The number of nitrogens with zero attached hydrogens (tertiary/aromatic N) is 2. The van der Waals surface area contributed by atoms with Gasteiger partial charge in [0, 0.05) is 12.6 Å². The van der Waals surface area contributed by atoms with Crippen LogP contribution in [0.15, 0.2) is 29.8 Å². The highest BCUT2D eigenvalue weighted by Gasteiger charge is 2.46. The number of ketones is 1. The van der Waals surface area contributed by atoms with Gasteiger partial charge in [-0.25, -0.2) is 0 Å². The number of carbonyl (C=O) groups excluding carboxylic acids is 2. The molecule has 2 aromatic rings. The molecule has 1 aliphatic rings. The van der Waals surface area contributed by atoms with Crippen molar-refractivity contribution in [2.24, 2.45) is 0 Å². The minimum atomic E-state index is -0.947. The van der Waals surface area contributed by atoms with Gasteiger partial charge in [0.15, 0.2) is 11.5 Å². The molecule has 2 aromatic carbocycles. The summed E-state index contributed by atoms with van der Waals surface area (Å²) in [6.45, 7) is 0.953. The van der Waals surface area contributed by atoms with Crippen LogP contribution >= 0.6 is 11.6 Å². The van der Waals surface area contributed by atoms with Crippen molar-refractivity contribution in [2.75, 3.05) is 62.7 Å². The van der Waals surface area contributed by atoms with Crippen LogP contribution in [0.25, 0.3) is 5.76 Å². The van der Waals surface area contributed by atoms with Crippen molar-refractivity contribution < 1.29 is 38.4 Å². The molecule has 1 aliphatic heterocycles. The lowest BCUT2D eigenvalue weighted by Gasteiger charge is -2.27. The number of rotatable bonds is 11. The fraction of sp³-hybridized carbons (Fsp3) is 0.407. The van der Waals surface area contributed by atoms with Crippen molar-refractivity contribution >= 4 is 29.1 Å². The van der Waals surface area contributed by atoms with Gasteiger partial charge in [-0.2, -0.15) is 0 Å². The van der Waals surface area contributed by atoms with Crippen molar-refractivity contribution in [1.29, 1.82) is 0 Å². The van der Waals surface area contributed by atoms with Crippen molar-refractivity contribution in [3.63, 3.8) is 0 Å². The van der Waals surface area contributed by atoms with Crippen LogP contribution < -0.4 is 23.7 Å². The van der Waals surface area contributed by atoms with Crippen LogP contribution in [0.3, 0.4) is 0 Å². The molecule has 1 atom stereocenters. The molecular formula is C27H33ClN2O8. The van der Waals surface area contributed by atoms with Gasteiger partial charge in [-0.3, -0.25) is 9.59 Å². The van der Waals surface area contributed by atoms with Gasteiger partial charge >= 0.3 is 0 Å². The number of Topliss-reactive ketones (excluding diaryl/α,β-unsaturated/α-hetero) is 1. The van der Waals surface area contributed by atoms with E-state index in [-0.39, 0.29) is 34.2 Å². The third-order valence-corrected chi connectivity index (χ3v) is 6.57. The van der Waals surface area contributed by atoms with Crippen molar-refractivity contribution in [3.05, 3.63) is 46.0 Å². The SMILES string of the molecule is COc1cc(/C(O)=C2\C(=O)C(=O)N(CCCN(C)C)C2c2cc(OC)c(OC)c(OC)c2)c(OC)cc1Cl. The van der Waals surface area contributed by atoms with E-state index < -0.39 is 23.5 Å². The third kappa shape index (κ3) is 5.46. The predicted octanol–water partition coefficient (Wildman–Crippen LogP) is 3.76. The zero-order chi connectivity index (χ0) is 28.1. The number of amides is 1. The second-order valence-electron chi connectivity index (χ2n) is 8.80. The van der Waals surface area contributed by atoms with E-state index in [0.29, 0.717) is 35.8 Å². The first-order valence-corrected chi connectivity index (χ1v) is 12.2. The second kappa shape index (κ2) is 12.3. The minimum Gasteiger partial charge on any atom is -0.507 e. The lowest BCUT2D eigenvalue weighted by Crippen LogP contribution is -2.32. The summed E-state index contributed by atoms with van der Waals surface area (Å²) >= 11 is 6.25. The molecule has 1 fully saturated rings. The van der Waals surface area contributed by atoms with Crippen molar-refractivity contribution in [1.82, 2.24) is 9.80 Å². The molecule has 0 radical (unpaired) electrons. The van der Waals surface area contributed by atoms with Crippen LogP contribution in [0.4, 0.5) is 0 Å². The number of benzene rings is 2. The van der Waals surface area contributed by atoms with Gasteiger partial charge in [0.1, 0.15) is 17.3 Å². The summed E-state index contributed by atoms with van der Waals surface area (Å²) in [5.41, 5.74) is 0.527. The summed E-state index contributed by atoms with van der Waals surface area (Å²) in [5, 5.41) is 11.8. The zero-order valence-electron chi connectivity index (χ0n) is 22.6. The average Bonchev–Trinajstić information content (AvgIpc) is 3.16. The van der Waals surface area contributed by atoms with E-state index in [1.54, 1.807) is 12.1 Å². The molecule has 1 saturated heterocycles. The van der Waals surface area contributed by atoms with Crippen LogP contribution in [0, 0.1) is 0 Å². The Hall–Kier alpha value is -3.63. The highest BCUT2D eigenvalue weighted by Crippen LogP contribution is 2.47. The number of hydrogen-bond acceptors (Lipinski definition) is 9. The third-order valence-electron chi connectivity index (χ3n) is 6.28. The maximum atomic E-state index is 13.5. The number of ether oxygens (including phenoxy) is 5. The Morgan fingerprint density at radius 2 is 1.47 bits per heavy atom. The molecule has 1 N–H and O–H groups in total. The fourth-order valence-electron chi connectivity index (χ4n) is 4.46. The molecule has 0 aliphatic carbocycles. The van der Waals surface area contributed by atoms with Gasteiger partial charge < -0.3 is 38.6 Å². The highest BCUT2D eigenvalue weighted by molar-refractivity contribution is 6.46. The van der Waals surface area contributed by atoms with Crippen LogP contribution in [0.2, 0.25) is 5.02 Å². The van der Waals surface area contributed by atoms with E-state index in [1.807, 2.05) is 19.0 Å². The summed E-state index contributed by atoms with van der Waals surface area (Å²) < 4.78 is 27.2. The Labute approximate surface area is 227 Å². The predicted molar refractivity (Wildman–Crippen MR) is 143 cm³/mol. The number of methoxy groups -OCH3 is 5. The lowest BCUT2D eigenvalue weighted by molar-refractivity contribution is -0.139. The minimum absolute atomic E-state index is 0.114. The Bertz CT molecular complexity index is 1220. The topological polar surface area (TPSA) is 107 Å². The highest BCUT2D eigenvalue weighted by atomic mass is 35.5. The summed E-state index contributed by atoms with van der Waals surface area (Å²) in [5.74, 6) is -0.491. The molecule has 10 nitrogen and oxygen atoms in total. The molecule has 11 heteroatoms. The van der Waals surface area contributed by atoms with Crippen molar-refractivity contribution in [3.8, 4) is 28.7 Å². The first kappa shape index (κ1) is 28.9. The first-order chi connectivity index (χ1) is 18.1. The Morgan fingerprint density at radius 3 is 1.97 bits per heavy atom. The maximum Gasteiger partial charge on any atom is 0.295 e. The molecule has 0 aromatic heterocycles. The maximum absolute atomic E-state index is 13.5. The number of aliphatic hydroxyl groups is 1. The molecule has 38 heavy (non-hydrogen) atoms. The van der Waals surface area contributed by atoms with E-state index in [1.165, 1.54) is 52.6 Å². The van der Waals surface area contributed by atoms with Crippen LogP contribution in [0.1, 0.15) is 23.6 Å². The summed E-state index contributed by atoms with van der Waals surface area (Å²) in [6.07, 6.45) is 0.596. The van der Waals surface area contributed by atoms with Crippen LogP contribution in [0.5, 0.6) is 28.7 Å². The monoisotopic (exact) mass is 548 g/mol. The first-order valence-electron chi connectivity index (χ1n) is 11.8. The van der Waals surface area contributed by atoms with Gasteiger partial charge in [-0.15, -0.1) is 0 Å². The molecule has 0 bridgehead atoms. The largest absolute Gasteiger partial charge is 0.507 e. The van der Waals surface area contributed by atoms with Crippen LogP contribution in [-0.2, 0) is 9.59 Å². The van der Waals surface area contributed by atoms with E-state index in [2.05, 4.69) is 0 Å². The molecule has 0 spiro atoms. The average molecular weight is 549 g/mol. The van der Waals surface area contributed by atoms with Gasteiger partial charge in [0.2, 0.25) is 5.75 Å². The smallest absolute Gasteiger partial charge is 0.295 e. The van der Waals surface area contributed by atoms with E-state index in [0.717, 1.165) is 0 Å². The Kier molecular flexibility index (Phi) is 9.35. The molecule has 3 rings (SSSR count). The molecule has 1 amide bonds. The van der Waals surface area contributed by atoms with E-state index in [9.17, 15) is 14.7 Å². The number of likely N-dealkylation sites (tertiary alicyclic amines) is 1. The number of hydrogen-bond donors (Lipinski definition) is 1.